The van der Waals surface area contributed by atoms with Crippen LogP contribution in [0.25, 0.3) is 0 Å². The Kier molecular flexibility index (Phi) is 6.85. The van der Waals surface area contributed by atoms with Gasteiger partial charge in [-0.05, 0) is 30.5 Å². The summed E-state index contributed by atoms with van der Waals surface area (Å²) >= 11 is 0. The third-order valence-electron chi connectivity index (χ3n) is 3.10. The van der Waals surface area contributed by atoms with E-state index in [4.69, 9.17) is 4.98 Å². The number of nitrogens with zero attached hydrogens (tertiary/aromatic N) is 2. The summed E-state index contributed by atoms with van der Waals surface area (Å²) in [7, 11) is 2.13. The van der Waals surface area contributed by atoms with Crippen LogP contribution in [0.2, 0.25) is 0 Å². The highest BCUT2D eigenvalue weighted by atomic mass is 15.2. The fourth-order valence-electron chi connectivity index (χ4n) is 2.09. The van der Waals surface area contributed by atoms with Crippen LogP contribution in [0.1, 0.15) is 51.8 Å². The first-order valence-corrected chi connectivity index (χ1v) is 7.51. The maximum atomic E-state index is 4.77. The van der Waals surface area contributed by atoms with Crippen molar-refractivity contribution in [3.05, 3.63) is 23.4 Å². The summed E-state index contributed by atoms with van der Waals surface area (Å²) in [6, 6.07) is 4.96. The van der Waals surface area contributed by atoms with Gasteiger partial charge in [0.25, 0.3) is 0 Å². The highest BCUT2D eigenvalue weighted by Crippen LogP contribution is 2.16. The second kappa shape index (κ2) is 8.16. The molecule has 1 N–H and O–H groups in total. The first kappa shape index (κ1) is 16.0. The van der Waals surface area contributed by atoms with E-state index in [9.17, 15) is 0 Å². The predicted molar refractivity (Wildman–Crippen MR) is 83.8 cm³/mol. The van der Waals surface area contributed by atoms with Crippen LogP contribution in [0.4, 0.5) is 5.82 Å². The van der Waals surface area contributed by atoms with Gasteiger partial charge >= 0.3 is 0 Å². The van der Waals surface area contributed by atoms with Gasteiger partial charge in [-0.15, -0.1) is 0 Å². The molecule has 0 aliphatic heterocycles. The molecule has 0 atom stereocenters. The van der Waals surface area contributed by atoms with Gasteiger partial charge in [0.05, 0.1) is 0 Å². The quantitative estimate of drug-likeness (QED) is 0.779. The number of aryl methyl sites for hydroxylation is 1. The number of nitrogens with one attached hydrogen (secondary N) is 1. The number of hydrogen-bond donors (Lipinski definition) is 1. The lowest BCUT2D eigenvalue weighted by atomic mass is 10.1. The minimum absolute atomic E-state index is 0.514. The monoisotopic (exact) mass is 263 g/mol. The third-order valence-corrected chi connectivity index (χ3v) is 3.10. The van der Waals surface area contributed by atoms with Gasteiger partial charge in [0, 0.05) is 31.9 Å². The minimum atomic E-state index is 0.514. The Labute approximate surface area is 118 Å². The number of anilines is 1. The molecule has 0 aliphatic rings. The normalized spacial score (nSPS) is 11.1. The zero-order valence-corrected chi connectivity index (χ0v) is 13.2. The standard InChI is InChI=1S/C16H29N3/c1-6-8-15-10-14(12-17-13(3)4)11-16(18-15)19(5)9-7-2/h10-11,13,17H,6-9,12H2,1-5H3. The maximum Gasteiger partial charge on any atom is 0.128 e. The molecule has 3 heteroatoms. The van der Waals surface area contributed by atoms with Crippen LogP contribution >= 0.6 is 0 Å². The molecule has 0 aromatic carbocycles. The van der Waals surface area contributed by atoms with Crippen molar-refractivity contribution in [3.8, 4) is 0 Å². The summed E-state index contributed by atoms with van der Waals surface area (Å²) in [5, 5.41) is 3.48. The van der Waals surface area contributed by atoms with Crippen molar-refractivity contribution in [2.24, 2.45) is 0 Å². The van der Waals surface area contributed by atoms with Crippen molar-refractivity contribution >= 4 is 5.82 Å². The highest BCUT2D eigenvalue weighted by molar-refractivity contribution is 5.42. The zero-order valence-electron chi connectivity index (χ0n) is 13.2. The van der Waals surface area contributed by atoms with Crippen molar-refractivity contribution in [1.29, 1.82) is 0 Å². The summed E-state index contributed by atoms with van der Waals surface area (Å²) < 4.78 is 0. The Morgan fingerprint density at radius 1 is 1.21 bits per heavy atom. The lowest BCUT2D eigenvalue weighted by Gasteiger charge is -2.19. The smallest absolute Gasteiger partial charge is 0.128 e. The van der Waals surface area contributed by atoms with Gasteiger partial charge < -0.3 is 10.2 Å². The van der Waals surface area contributed by atoms with Crippen molar-refractivity contribution in [1.82, 2.24) is 10.3 Å². The first-order valence-electron chi connectivity index (χ1n) is 7.51. The second-order valence-corrected chi connectivity index (χ2v) is 5.53. The van der Waals surface area contributed by atoms with Crippen molar-refractivity contribution in [2.45, 2.75) is 59.5 Å². The van der Waals surface area contributed by atoms with E-state index in [0.717, 1.165) is 38.2 Å². The Hall–Kier alpha value is -1.09. The SMILES string of the molecule is CCCc1cc(CNC(C)C)cc(N(C)CCC)n1. The maximum absolute atomic E-state index is 4.77. The molecule has 0 bridgehead atoms. The minimum Gasteiger partial charge on any atom is -0.360 e. The summed E-state index contributed by atoms with van der Waals surface area (Å²) in [5.41, 5.74) is 2.55. The number of pyridine rings is 1. The third kappa shape index (κ3) is 5.60. The molecular formula is C16H29N3. The van der Waals surface area contributed by atoms with Crippen LogP contribution in [-0.4, -0.2) is 24.6 Å². The fourth-order valence-corrected chi connectivity index (χ4v) is 2.09. The second-order valence-electron chi connectivity index (χ2n) is 5.53. The Balaban J connectivity index is 2.89. The van der Waals surface area contributed by atoms with Crippen LogP contribution in [0.3, 0.4) is 0 Å². The number of aromatic nitrogens is 1. The fraction of sp³-hybridized carbons (Fsp3) is 0.688. The molecular weight excluding hydrogens is 234 g/mol. The molecule has 3 nitrogen and oxygen atoms in total. The van der Waals surface area contributed by atoms with E-state index in [1.807, 2.05) is 0 Å². The average molecular weight is 263 g/mol. The molecule has 0 saturated heterocycles. The molecule has 1 rings (SSSR count). The lowest BCUT2D eigenvalue weighted by Crippen LogP contribution is -2.23. The van der Waals surface area contributed by atoms with E-state index < -0.39 is 0 Å². The van der Waals surface area contributed by atoms with E-state index >= 15 is 0 Å². The van der Waals surface area contributed by atoms with Gasteiger partial charge in [-0.25, -0.2) is 4.98 Å². The Morgan fingerprint density at radius 2 is 1.95 bits per heavy atom. The van der Waals surface area contributed by atoms with Crippen LogP contribution in [0.5, 0.6) is 0 Å². The molecule has 0 radical (unpaired) electrons. The Morgan fingerprint density at radius 3 is 2.53 bits per heavy atom. The van der Waals surface area contributed by atoms with E-state index in [1.54, 1.807) is 0 Å². The van der Waals surface area contributed by atoms with Crippen molar-refractivity contribution in [3.63, 3.8) is 0 Å². The largest absolute Gasteiger partial charge is 0.360 e. The lowest BCUT2D eigenvalue weighted by molar-refractivity contribution is 0.588. The van der Waals surface area contributed by atoms with Gasteiger partial charge in [0.1, 0.15) is 5.82 Å². The summed E-state index contributed by atoms with van der Waals surface area (Å²) in [4.78, 5) is 7.01. The molecule has 1 aromatic heterocycles. The molecule has 0 fully saturated rings. The molecule has 0 spiro atoms. The Bertz CT molecular complexity index is 374. The van der Waals surface area contributed by atoms with E-state index in [0.29, 0.717) is 6.04 Å². The molecule has 19 heavy (non-hydrogen) atoms. The summed E-state index contributed by atoms with van der Waals surface area (Å²) in [5.74, 6) is 1.10. The van der Waals surface area contributed by atoms with Gasteiger partial charge in [-0.2, -0.15) is 0 Å². The highest BCUT2D eigenvalue weighted by Gasteiger charge is 2.07. The first-order chi connectivity index (χ1) is 9.06. The van der Waals surface area contributed by atoms with Gasteiger partial charge in [-0.1, -0.05) is 34.1 Å². The molecule has 1 aromatic rings. The van der Waals surface area contributed by atoms with Gasteiger partial charge in [0.15, 0.2) is 0 Å². The molecule has 108 valence electrons. The van der Waals surface area contributed by atoms with E-state index in [-0.39, 0.29) is 0 Å². The molecule has 0 saturated carbocycles. The van der Waals surface area contributed by atoms with Crippen molar-refractivity contribution < 1.29 is 0 Å². The summed E-state index contributed by atoms with van der Waals surface area (Å²) in [6.07, 6.45) is 3.35. The summed E-state index contributed by atoms with van der Waals surface area (Å²) in [6.45, 7) is 10.7. The zero-order chi connectivity index (χ0) is 14.3. The molecule has 1 heterocycles. The van der Waals surface area contributed by atoms with Gasteiger partial charge in [-0.3, -0.25) is 0 Å². The topological polar surface area (TPSA) is 28.2 Å². The predicted octanol–water partition coefficient (Wildman–Crippen LogP) is 3.38. The van der Waals surface area contributed by atoms with Crippen molar-refractivity contribution in [2.75, 3.05) is 18.5 Å². The molecule has 0 amide bonds. The van der Waals surface area contributed by atoms with E-state index in [2.05, 4.69) is 57.1 Å². The molecule has 0 aliphatic carbocycles. The molecule has 0 unspecified atom stereocenters. The average Bonchev–Trinajstić information content (AvgIpc) is 2.37. The van der Waals surface area contributed by atoms with Crippen LogP contribution in [0, 0.1) is 0 Å². The van der Waals surface area contributed by atoms with Crippen LogP contribution in [-0.2, 0) is 13.0 Å². The number of hydrogen-bond acceptors (Lipinski definition) is 3. The van der Waals surface area contributed by atoms with Crippen LogP contribution < -0.4 is 10.2 Å². The van der Waals surface area contributed by atoms with E-state index in [1.165, 1.54) is 11.3 Å². The van der Waals surface area contributed by atoms with Crippen LogP contribution in [0.15, 0.2) is 12.1 Å². The number of rotatable bonds is 8. The van der Waals surface area contributed by atoms with Gasteiger partial charge in [0.2, 0.25) is 0 Å².